The van der Waals surface area contributed by atoms with Gasteiger partial charge in [-0.1, -0.05) is 29.8 Å². The van der Waals surface area contributed by atoms with Crippen molar-refractivity contribution < 1.29 is 8.78 Å². The molecular formula is C15H12ClF2N3. The summed E-state index contributed by atoms with van der Waals surface area (Å²) in [6.07, 6.45) is -0.793. The van der Waals surface area contributed by atoms with Crippen LogP contribution in [0.25, 0.3) is 22.0 Å². The molecular weight excluding hydrogens is 296 g/mol. The zero-order valence-electron chi connectivity index (χ0n) is 10.9. The molecule has 3 nitrogen and oxygen atoms in total. The highest BCUT2D eigenvalue weighted by atomic mass is 35.5. The molecule has 108 valence electrons. The Morgan fingerprint density at radius 1 is 1.19 bits per heavy atom. The molecule has 0 amide bonds. The molecule has 2 N–H and O–H groups in total. The SMILES string of the molecule is FC(F)CNc1[nH]c2ccccc2c1-c1ccc(Cl)nc1. The number of rotatable bonds is 4. The number of fused-ring (bicyclic) bond motifs is 1. The van der Waals surface area contributed by atoms with Crippen LogP contribution in [0.3, 0.4) is 0 Å². The van der Waals surface area contributed by atoms with Crippen molar-refractivity contribution in [3.63, 3.8) is 0 Å². The Kier molecular flexibility index (Phi) is 3.75. The van der Waals surface area contributed by atoms with E-state index in [4.69, 9.17) is 11.6 Å². The predicted molar refractivity (Wildman–Crippen MR) is 81.0 cm³/mol. The summed E-state index contributed by atoms with van der Waals surface area (Å²) in [6, 6.07) is 11.1. The summed E-state index contributed by atoms with van der Waals surface area (Å²) in [4.78, 5) is 7.18. The van der Waals surface area contributed by atoms with Crippen LogP contribution in [0.15, 0.2) is 42.6 Å². The Hall–Kier alpha value is -2.14. The molecule has 0 unspecified atom stereocenters. The second kappa shape index (κ2) is 5.69. The summed E-state index contributed by atoms with van der Waals surface area (Å²) in [5.74, 6) is 0.556. The Labute approximate surface area is 125 Å². The lowest BCUT2D eigenvalue weighted by Crippen LogP contribution is -2.10. The van der Waals surface area contributed by atoms with E-state index in [0.29, 0.717) is 11.0 Å². The first kappa shape index (κ1) is 13.8. The Bertz CT molecular complexity index is 753. The molecule has 6 heteroatoms. The zero-order chi connectivity index (χ0) is 14.8. The Morgan fingerprint density at radius 2 is 2.00 bits per heavy atom. The normalized spacial score (nSPS) is 11.2. The third kappa shape index (κ3) is 2.83. The van der Waals surface area contributed by atoms with Crippen molar-refractivity contribution in [3.05, 3.63) is 47.7 Å². The number of para-hydroxylation sites is 1. The first-order valence-electron chi connectivity index (χ1n) is 6.40. The Balaban J connectivity index is 2.12. The maximum Gasteiger partial charge on any atom is 0.255 e. The van der Waals surface area contributed by atoms with E-state index in [1.165, 1.54) is 0 Å². The monoisotopic (exact) mass is 307 g/mol. The lowest BCUT2D eigenvalue weighted by atomic mass is 10.1. The minimum Gasteiger partial charge on any atom is -0.365 e. The fraction of sp³-hybridized carbons (Fsp3) is 0.133. The number of hydrogen-bond donors (Lipinski definition) is 2. The second-order valence-corrected chi connectivity index (χ2v) is 4.95. The molecule has 0 bridgehead atoms. The van der Waals surface area contributed by atoms with Crippen LogP contribution in [0.4, 0.5) is 14.6 Å². The standard InChI is InChI=1S/C15H12ClF2N3/c16-12-6-5-9(7-19-12)14-10-3-1-2-4-11(10)21-15(14)20-8-13(17)18/h1-7,13,20-21H,8H2. The van der Waals surface area contributed by atoms with Crippen LogP contribution in [-0.4, -0.2) is 22.9 Å². The van der Waals surface area contributed by atoms with Crippen molar-refractivity contribution in [2.24, 2.45) is 0 Å². The topological polar surface area (TPSA) is 40.7 Å². The highest BCUT2D eigenvalue weighted by Gasteiger charge is 2.14. The molecule has 21 heavy (non-hydrogen) atoms. The number of nitrogens with one attached hydrogen (secondary N) is 2. The first-order chi connectivity index (χ1) is 10.1. The summed E-state index contributed by atoms with van der Waals surface area (Å²) in [6.45, 7) is -0.416. The van der Waals surface area contributed by atoms with Crippen molar-refractivity contribution in [3.8, 4) is 11.1 Å². The molecule has 0 atom stereocenters. The van der Waals surface area contributed by atoms with Gasteiger partial charge < -0.3 is 10.3 Å². The van der Waals surface area contributed by atoms with Gasteiger partial charge in [0, 0.05) is 28.2 Å². The maximum atomic E-state index is 12.5. The van der Waals surface area contributed by atoms with Gasteiger partial charge in [-0.15, -0.1) is 0 Å². The van der Waals surface area contributed by atoms with E-state index in [2.05, 4.69) is 15.3 Å². The van der Waals surface area contributed by atoms with Crippen molar-refractivity contribution in [1.29, 1.82) is 0 Å². The molecule has 0 aliphatic heterocycles. The number of nitrogens with zero attached hydrogens (tertiary/aromatic N) is 1. The average Bonchev–Trinajstić information content (AvgIpc) is 2.84. The van der Waals surface area contributed by atoms with Crippen LogP contribution in [0.2, 0.25) is 5.15 Å². The number of halogens is 3. The predicted octanol–water partition coefficient (Wildman–Crippen LogP) is 4.56. The fourth-order valence-corrected chi connectivity index (χ4v) is 2.39. The molecule has 3 aromatic rings. The van der Waals surface area contributed by atoms with Crippen molar-refractivity contribution in [2.45, 2.75) is 6.43 Å². The third-order valence-electron chi connectivity index (χ3n) is 3.16. The minimum atomic E-state index is -2.42. The zero-order valence-corrected chi connectivity index (χ0v) is 11.7. The number of H-pyrrole nitrogens is 1. The molecule has 3 rings (SSSR count). The number of anilines is 1. The molecule has 0 aliphatic rings. The van der Waals surface area contributed by atoms with Gasteiger partial charge in [0.1, 0.15) is 11.0 Å². The van der Waals surface area contributed by atoms with Crippen molar-refractivity contribution in [1.82, 2.24) is 9.97 Å². The van der Waals surface area contributed by atoms with Crippen LogP contribution >= 0.6 is 11.6 Å². The number of aromatic amines is 1. The van der Waals surface area contributed by atoms with Crippen molar-refractivity contribution in [2.75, 3.05) is 11.9 Å². The number of alkyl halides is 2. The summed E-state index contributed by atoms with van der Waals surface area (Å²) < 4.78 is 24.9. The number of aromatic nitrogens is 2. The first-order valence-corrected chi connectivity index (χ1v) is 6.77. The minimum absolute atomic E-state index is 0.390. The molecule has 1 aromatic carbocycles. The number of hydrogen-bond acceptors (Lipinski definition) is 2. The Morgan fingerprint density at radius 3 is 2.71 bits per heavy atom. The highest BCUT2D eigenvalue weighted by molar-refractivity contribution is 6.29. The van der Waals surface area contributed by atoms with Gasteiger partial charge >= 0.3 is 0 Å². The van der Waals surface area contributed by atoms with Crippen LogP contribution in [0, 0.1) is 0 Å². The third-order valence-corrected chi connectivity index (χ3v) is 3.38. The van der Waals surface area contributed by atoms with Gasteiger partial charge in [0.15, 0.2) is 0 Å². The fourth-order valence-electron chi connectivity index (χ4n) is 2.28. The van der Waals surface area contributed by atoms with Gasteiger partial charge in [-0.3, -0.25) is 0 Å². The van der Waals surface area contributed by atoms with Gasteiger partial charge in [0.05, 0.1) is 6.54 Å². The van der Waals surface area contributed by atoms with E-state index in [1.54, 1.807) is 12.3 Å². The smallest absolute Gasteiger partial charge is 0.255 e. The van der Waals surface area contributed by atoms with Gasteiger partial charge in [0.25, 0.3) is 6.43 Å². The van der Waals surface area contributed by atoms with Crippen molar-refractivity contribution >= 4 is 28.3 Å². The van der Waals surface area contributed by atoms with Gasteiger partial charge in [-0.25, -0.2) is 13.8 Å². The molecule has 2 aromatic heterocycles. The summed E-state index contributed by atoms with van der Waals surface area (Å²) in [7, 11) is 0. The van der Waals surface area contributed by atoms with Gasteiger partial charge in [0.2, 0.25) is 0 Å². The average molecular weight is 308 g/mol. The van der Waals surface area contributed by atoms with Crippen LogP contribution in [0.1, 0.15) is 0 Å². The van der Waals surface area contributed by atoms with Gasteiger partial charge in [-0.2, -0.15) is 0 Å². The number of benzene rings is 1. The highest BCUT2D eigenvalue weighted by Crippen LogP contribution is 2.35. The largest absolute Gasteiger partial charge is 0.365 e. The lowest BCUT2D eigenvalue weighted by molar-refractivity contribution is 0.163. The molecule has 0 saturated heterocycles. The van der Waals surface area contributed by atoms with Crippen LogP contribution < -0.4 is 5.32 Å². The van der Waals surface area contributed by atoms with E-state index in [9.17, 15) is 8.78 Å². The summed E-state index contributed by atoms with van der Waals surface area (Å²) >= 11 is 5.80. The van der Waals surface area contributed by atoms with E-state index in [0.717, 1.165) is 22.0 Å². The van der Waals surface area contributed by atoms with E-state index >= 15 is 0 Å². The summed E-state index contributed by atoms with van der Waals surface area (Å²) in [5.41, 5.74) is 2.50. The van der Waals surface area contributed by atoms with E-state index in [1.807, 2.05) is 30.3 Å². The molecule has 0 fully saturated rings. The van der Waals surface area contributed by atoms with Crippen LogP contribution in [-0.2, 0) is 0 Å². The number of pyridine rings is 1. The molecule has 0 radical (unpaired) electrons. The quantitative estimate of drug-likeness (QED) is 0.694. The van der Waals surface area contributed by atoms with E-state index < -0.39 is 13.0 Å². The second-order valence-electron chi connectivity index (χ2n) is 4.56. The molecule has 0 aliphatic carbocycles. The van der Waals surface area contributed by atoms with Crippen LogP contribution in [0.5, 0.6) is 0 Å². The summed E-state index contributed by atoms with van der Waals surface area (Å²) in [5, 5.41) is 4.08. The van der Waals surface area contributed by atoms with E-state index in [-0.39, 0.29) is 0 Å². The molecule has 0 spiro atoms. The van der Waals surface area contributed by atoms with Gasteiger partial charge in [-0.05, 0) is 18.2 Å². The molecule has 0 saturated carbocycles. The molecule has 2 heterocycles. The maximum absolute atomic E-state index is 12.5. The lowest BCUT2D eigenvalue weighted by Gasteiger charge is -2.07.